The number of rotatable bonds is 4. The standard InChI is InChI=1S/C14H21N3O/c15-10-11-5-1-2-7-13(11)17-14(18)9-12-6-3-4-8-16-12/h3-4,6,8,11,13H,1-2,5,7,9-10,15H2,(H,17,18). The second-order valence-electron chi connectivity index (χ2n) is 4.95. The highest BCUT2D eigenvalue weighted by Crippen LogP contribution is 2.23. The van der Waals surface area contributed by atoms with Crippen LogP contribution in [0, 0.1) is 5.92 Å². The van der Waals surface area contributed by atoms with E-state index in [1.54, 1.807) is 6.20 Å². The van der Waals surface area contributed by atoms with Gasteiger partial charge in [-0.1, -0.05) is 18.9 Å². The second-order valence-corrected chi connectivity index (χ2v) is 4.95. The van der Waals surface area contributed by atoms with E-state index in [4.69, 9.17) is 5.73 Å². The van der Waals surface area contributed by atoms with E-state index in [1.165, 1.54) is 12.8 Å². The first-order valence-electron chi connectivity index (χ1n) is 6.69. The molecule has 98 valence electrons. The van der Waals surface area contributed by atoms with Gasteiger partial charge in [0.1, 0.15) is 0 Å². The van der Waals surface area contributed by atoms with Crippen LogP contribution in [0.4, 0.5) is 0 Å². The summed E-state index contributed by atoms with van der Waals surface area (Å²) in [5, 5.41) is 3.11. The average Bonchev–Trinajstić information content (AvgIpc) is 2.40. The Labute approximate surface area is 108 Å². The first kappa shape index (κ1) is 13.0. The lowest BCUT2D eigenvalue weighted by atomic mass is 9.84. The van der Waals surface area contributed by atoms with Gasteiger partial charge in [-0.15, -0.1) is 0 Å². The number of carbonyl (C=O) groups is 1. The zero-order valence-corrected chi connectivity index (χ0v) is 10.6. The minimum Gasteiger partial charge on any atom is -0.353 e. The summed E-state index contributed by atoms with van der Waals surface area (Å²) in [6.07, 6.45) is 6.67. The Morgan fingerprint density at radius 3 is 2.94 bits per heavy atom. The minimum absolute atomic E-state index is 0.0547. The van der Waals surface area contributed by atoms with Crippen molar-refractivity contribution in [3.05, 3.63) is 30.1 Å². The van der Waals surface area contributed by atoms with E-state index < -0.39 is 0 Å². The van der Waals surface area contributed by atoms with E-state index in [1.807, 2.05) is 18.2 Å². The molecule has 0 aromatic carbocycles. The maximum absolute atomic E-state index is 12.0. The molecule has 1 saturated carbocycles. The third kappa shape index (κ3) is 3.53. The minimum atomic E-state index is 0.0547. The highest BCUT2D eigenvalue weighted by atomic mass is 16.1. The zero-order valence-electron chi connectivity index (χ0n) is 10.6. The summed E-state index contributed by atoms with van der Waals surface area (Å²) < 4.78 is 0. The molecule has 0 saturated heterocycles. The normalized spacial score (nSPS) is 23.6. The topological polar surface area (TPSA) is 68.0 Å². The molecule has 0 radical (unpaired) electrons. The molecule has 1 aliphatic rings. The molecule has 1 aromatic rings. The molecule has 1 heterocycles. The van der Waals surface area contributed by atoms with Gasteiger partial charge in [0.25, 0.3) is 0 Å². The number of nitrogens with one attached hydrogen (secondary N) is 1. The zero-order chi connectivity index (χ0) is 12.8. The number of pyridine rings is 1. The SMILES string of the molecule is NCC1CCCCC1NC(=O)Cc1ccccn1. The monoisotopic (exact) mass is 247 g/mol. The van der Waals surface area contributed by atoms with E-state index in [2.05, 4.69) is 10.3 Å². The first-order chi connectivity index (χ1) is 8.79. The summed E-state index contributed by atoms with van der Waals surface area (Å²) in [4.78, 5) is 16.1. The largest absolute Gasteiger partial charge is 0.353 e. The molecule has 0 spiro atoms. The van der Waals surface area contributed by atoms with Crippen LogP contribution in [0.2, 0.25) is 0 Å². The lowest BCUT2D eigenvalue weighted by Gasteiger charge is -2.31. The fraction of sp³-hybridized carbons (Fsp3) is 0.571. The lowest BCUT2D eigenvalue weighted by molar-refractivity contribution is -0.121. The van der Waals surface area contributed by atoms with Gasteiger partial charge in [-0.2, -0.15) is 0 Å². The predicted octanol–water partition coefficient (Wildman–Crippen LogP) is 1.26. The molecule has 1 amide bonds. The van der Waals surface area contributed by atoms with E-state index in [9.17, 15) is 4.79 Å². The van der Waals surface area contributed by atoms with Crippen molar-refractivity contribution in [1.29, 1.82) is 0 Å². The molecule has 2 unspecified atom stereocenters. The summed E-state index contributed by atoms with van der Waals surface area (Å²) >= 11 is 0. The van der Waals surface area contributed by atoms with Crippen LogP contribution in [0.1, 0.15) is 31.4 Å². The maximum atomic E-state index is 12.0. The molecule has 2 atom stereocenters. The molecule has 0 bridgehead atoms. The van der Waals surface area contributed by atoms with Gasteiger partial charge in [0, 0.05) is 17.9 Å². The lowest BCUT2D eigenvalue weighted by Crippen LogP contribution is -2.45. The number of hydrogen-bond donors (Lipinski definition) is 2. The van der Waals surface area contributed by atoms with Crippen LogP contribution < -0.4 is 11.1 Å². The van der Waals surface area contributed by atoms with Crippen LogP contribution in [-0.2, 0) is 11.2 Å². The molecule has 0 aliphatic heterocycles. The van der Waals surface area contributed by atoms with Gasteiger partial charge in [-0.3, -0.25) is 9.78 Å². The van der Waals surface area contributed by atoms with Gasteiger partial charge < -0.3 is 11.1 Å². The Bertz CT molecular complexity index is 380. The molecule has 18 heavy (non-hydrogen) atoms. The van der Waals surface area contributed by atoms with E-state index in [-0.39, 0.29) is 11.9 Å². The van der Waals surface area contributed by atoms with Gasteiger partial charge in [0.2, 0.25) is 5.91 Å². The Kier molecular flexibility index (Phi) is 4.70. The van der Waals surface area contributed by atoms with Crippen molar-refractivity contribution < 1.29 is 4.79 Å². The Morgan fingerprint density at radius 1 is 1.39 bits per heavy atom. The van der Waals surface area contributed by atoms with E-state index in [0.717, 1.165) is 18.5 Å². The fourth-order valence-corrected chi connectivity index (χ4v) is 2.60. The van der Waals surface area contributed by atoms with Crippen molar-refractivity contribution in [1.82, 2.24) is 10.3 Å². The second kappa shape index (κ2) is 6.50. The highest BCUT2D eigenvalue weighted by Gasteiger charge is 2.25. The number of aromatic nitrogens is 1. The van der Waals surface area contributed by atoms with Crippen molar-refractivity contribution in [2.24, 2.45) is 11.7 Å². The van der Waals surface area contributed by atoms with Gasteiger partial charge in [-0.25, -0.2) is 0 Å². The third-order valence-corrected chi connectivity index (χ3v) is 3.63. The number of amides is 1. The Morgan fingerprint density at radius 2 is 2.22 bits per heavy atom. The van der Waals surface area contributed by atoms with Crippen molar-refractivity contribution in [3.8, 4) is 0 Å². The quantitative estimate of drug-likeness (QED) is 0.841. The van der Waals surface area contributed by atoms with Crippen LogP contribution in [0.5, 0.6) is 0 Å². The molecule has 4 nitrogen and oxygen atoms in total. The highest BCUT2D eigenvalue weighted by molar-refractivity contribution is 5.78. The predicted molar refractivity (Wildman–Crippen MR) is 70.9 cm³/mol. The molecule has 2 rings (SSSR count). The molecule has 1 aromatic heterocycles. The summed E-state index contributed by atoms with van der Waals surface area (Å²) in [5.74, 6) is 0.491. The first-order valence-corrected chi connectivity index (χ1v) is 6.69. The Hall–Kier alpha value is -1.42. The number of nitrogens with zero attached hydrogens (tertiary/aromatic N) is 1. The molecule has 1 fully saturated rings. The summed E-state index contributed by atoms with van der Waals surface area (Å²) in [5.41, 5.74) is 6.57. The molecule has 3 N–H and O–H groups in total. The van der Waals surface area contributed by atoms with Gasteiger partial charge in [0.05, 0.1) is 6.42 Å². The summed E-state index contributed by atoms with van der Waals surface area (Å²) in [6.45, 7) is 0.661. The van der Waals surface area contributed by atoms with Crippen LogP contribution in [0.3, 0.4) is 0 Å². The van der Waals surface area contributed by atoms with Crippen molar-refractivity contribution >= 4 is 5.91 Å². The number of nitrogens with two attached hydrogens (primary N) is 1. The van der Waals surface area contributed by atoms with Crippen molar-refractivity contribution in [2.75, 3.05) is 6.54 Å². The van der Waals surface area contributed by atoms with Gasteiger partial charge in [-0.05, 0) is 37.4 Å². The summed E-state index contributed by atoms with van der Waals surface area (Å²) in [6, 6.07) is 5.88. The smallest absolute Gasteiger partial charge is 0.226 e. The summed E-state index contributed by atoms with van der Waals surface area (Å²) in [7, 11) is 0. The van der Waals surface area contributed by atoms with Crippen molar-refractivity contribution in [3.63, 3.8) is 0 Å². The van der Waals surface area contributed by atoms with E-state index >= 15 is 0 Å². The molecule has 4 heteroatoms. The number of hydrogen-bond acceptors (Lipinski definition) is 3. The average molecular weight is 247 g/mol. The van der Waals surface area contributed by atoms with Gasteiger partial charge >= 0.3 is 0 Å². The van der Waals surface area contributed by atoms with Crippen LogP contribution in [-0.4, -0.2) is 23.5 Å². The third-order valence-electron chi connectivity index (χ3n) is 3.63. The fourth-order valence-electron chi connectivity index (χ4n) is 2.60. The van der Waals surface area contributed by atoms with Crippen LogP contribution in [0.15, 0.2) is 24.4 Å². The molecular weight excluding hydrogens is 226 g/mol. The van der Waals surface area contributed by atoms with Crippen molar-refractivity contribution in [2.45, 2.75) is 38.1 Å². The van der Waals surface area contributed by atoms with E-state index in [0.29, 0.717) is 18.9 Å². The number of carbonyl (C=O) groups excluding carboxylic acids is 1. The molecule has 1 aliphatic carbocycles. The van der Waals surface area contributed by atoms with Crippen LogP contribution >= 0.6 is 0 Å². The molecular formula is C14H21N3O. The maximum Gasteiger partial charge on any atom is 0.226 e. The van der Waals surface area contributed by atoms with Crippen LogP contribution in [0.25, 0.3) is 0 Å². The van der Waals surface area contributed by atoms with Gasteiger partial charge in [0.15, 0.2) is 0 Å². The Balaban J connectivity index is 1.86.